The van der Waals surface area contributed by atoms with Crippen LogP contribution in [0, 0.1) is 6.92 Å². The minimum atomic E-state index is 0.0129. The van der Waals surface area contributed by atoms with Crippen molar-refractivity contribution in [3.8, 4) is 0 Å². The van der Waals surface area contributed by atoms with Crippen LogP contribution < -0.4 is 5.73 Å². The summed E-state index contributed by atoms with van der Waals surface area (Å²) in [6.45, 7) is 3.66. The number of anilines is 1. The molecule has 1 aliphatic rings. The molecule has 2 aromatic rings. The molecule has 0 amide bonds. The molecule has 1 heterocycles. The quantitative estimate of drug-likeness (QED) is 0.818. The zero-order chi connectivity index (χ0) is 12.6. The molecule has 92 valence electrons. The first kappa shape index (κ1) is 11.3. The average Bonchev–Trinajstić information content (AvgIpc) is 2.32. The van der Waals surface area contributed by atoms with Crippen LogP contribution in [0.4, 0.5) is 5.69 Å². The van der Waals surface area contributed by atoms with Gasteiger partial charge in [-0.3, -0.25) is 0 Å². The van der Waals surface area contributed by atoms with E-state index in [0.29, 0.717) is 0 Å². The van der Waals surface area contributed by atoms with Crippen LogP contribution in [0.3, 0.4) is 0 Å². The van der Waals surface area contributed by atoms with Gasteiger partial charge >= 0.3 is 0 Å². The van der Waals surface area contributed by atoms with Gasteiger partial charge in [0, 0.05) is 5.69 Å². The molecule has 0 unspecified atom stereocenters. The largest absolute Gasteiger partial charge is 0.399 e. The van der Waals surface area contributed by atoms with Crippen molar-refractivity contribution < 1.29 is 4.74 Å². The van der Waals surface area contributed by atoms with E-state index in [-0.39, 0.29) is 5.41 Å². The van der Waals surface area contributed by atoms with E-state index in [1.54, 1.807) is 0 Å². The first-order valence-corrected chi connectivity index (χ1v) is 6.22. The van der Waals surface area contributed by atoms with E-state index in [1.807, 2.05) is 12.1 Å². The summed E-state index contributed by atoms with van der Waals surface area (Å²) < 4.78 is 5.50. The molecule has 2 nitrogen and oxygen atoms in total. The van der Waals surface area contributed by atoms with Crippen molar-refractivity contribution in [2.24, 2.45) is 0 Å². The van der Waals surface area contributed by atoms with Gasteiger partial charge in [0.2, 0.25) is 0 Å². The molecule has 0 aromatic heterocycles. The molecule has 0 atom stereocenters. The lowest BCUT2D eigenvalue weighted by atomic mass is 9.71. The topological polar surface area (TPSA) is 35.2 Å². The van der Waals surface area contributed by atoms with Gasteiger partial charge < -0.3 is 10.5 Å². The lowest BCUT2D eigenvalue weighted by Gasteiger charge is -2.43. The number of aryl methyl sites for hydroxylation is 1. The van der Waals surface area contributed by atoms with Gasteiger partial charge in [-0.15, -0.1) is 0 Å². The minimum absolute atomic E-state index is 0.0129. The Bertz CT molecular complexity index is 556. The van der Waals surface area contributed by atoms with Gasteiger partial charge in [0.05, 0.1) is 18.6 Å². The molecule has 2 N–H and O–H groups in total. The third-order valence-electron chi connectivity index (χ3n) is 3.82. The highest BCUT2D eigenvalue weighted by atomic mass is 16.5. The van der Waals surface area contributed by atoms with Gasteiger partial charge in [0.15, 0.2) is 0 Å². The fourth-order valence-corrected chi connectivity index (χ4v) is 2.70. The first-order valence-electron chi connectivity index (χ1n) is 6.22. The maximum atomic E-state index is 5.77. The normalized spacial score (nSPS) is 17.2. The second-order valence-electron chi connectivity index (χ2n) is 5.01. The van der Waals surface area contributed by atoms with Crippen molar-refractivity contribution in [1.29, 1.82) is 0 Å². The van der Waals surface area contributed by atoms with E-state index in [1.165, 1.54) is 16.7 Å². The van der Waals surface area contributed by atoms with Crippen LogP contribution in [-0.4, -0.2) is 13.2 Å². The highest BCUT2D eigenvalue weighted by Gasteiger charge is 2.42. The molecule has 0 spiro atoms. The Kier molecular flexibility index (Phi) is 2.60. The van der Waals surface area contributed by atoms with Crippen molar-refractivity contribution in [1.82, 2.24) is 0 Å². The molecule has 0 aliphatic carbocycles. The predicted molar refractivity (Wildman–Crippen MR) is 73.6 cm³/mol. The highest BCUT2D eigenvalue weighted by Crippen LogP contribution is 2.40. The molecule has 1 fully saturated rings. The molecular weight excluding hydrogens is 222 g/mol. The molecule has 0 saturated carbocycles. The second kappa shape index (κ2) is 4.14. The summed E-state index contributed by atoms with van der Waals surface area (Å²) in [6.07, 6.45) is 0. The first-order chi connectivity index (χ1) is 8.72. The number of nitrogens with two attached hydrogens (primary N) is 1. The predicted octanol–water partition coefficient (Wildman–Crippen LogP) is 2.89. The molecule has 2 heteroatoms. The SMILES string of the molecule is Cc1ccccc1C1(c2ccc(N)cc2)COC1. The van der Waals surface area contributed by atoms with Crippen LogP contribution in [0.25, 0.3) is 0 Å². The van der Waals surface area contributed by atoms with E-state index >= 15 is 0 Å². The Morgan fingerprint density at radius 1 is 1.00 bits per heavy atom. The Morgan fingerprint density at radius 3 is 2.22 bits per heavy atom. The molecule has 1 saturated heterocycles. The third-order valence-corrected chi connectivity index (χ3v) is 3.82. The average molecular weight is 239 g/mol. The molecule has 0 radical (unpaired) electrons. The Labute approximate surface area is 107 Å². The van der Waals surface area contributed by atoms with Crippen molar-refractivity contribution in [3.63, 3.8) is 0 Å². The molecule has 1 aliphatic heterocycles. The van der Waals surface area contributed by atoms with Crippen LogP contribution in [-0.2, 0) is 10.2 Å². The summed E-state index contributed by atoms with van der Waals surface area (Å²) in [5.41, 5.74) is 10.6. The zero-order valence-corrected chi connectivity index (χ0v) is 10.5. The summed E-state index contributed by atoms with van der Waals surface area (Å²) in [5.74, 6) is 0. The Morgan fingerprint density at radius 2 is 1.67 bits per heavy atom. The number of hydrogen-bond acceptors (Lipinski definition) is 2. The van der Waals surface area contributed by atoms with Gasteiger partial charge in [-0.1, -0.05) is 36.4 Å². The maximum Gasteiger partial charge on any atom is 0.0672 e. The van der Waals surface area contributed by atoms with Crippen LogP contribution in [0.2, 0.25) is 0 Å². The number of hydrogen-bond donors (Lipinski definition) is 1. The number of ether oxygens (including phenoxy) is 1. The third kappa shape index (κ3) is 1.61. The maximum absolute atomic E-state index is 5.77. The van der Waals surface area contributed by atoms with E-state index in [9.17, 15) is 0 Å². The molecule has 2 aromatic carbocycles. The monoisotopic (exact) mass is 239 g/mol. The van der Waals surface area contributed by atoms with Crippen LogP contribution in [0.5, 0.6) is 0 Å². The molecule has 18 heavy (non-hydrogen) atoms. The van der Waals surface area contributed by atoms with Gasteiger partial charge in [0.25, 0.3) is 0 Å². The van der Waals surface area contributed by atoms with E-state index in [4.69, 9.17) is 10.5 Å². The lowest BCUT2D eigenvalue weighted by Crippen LogP contribution is -2.48. The van der Waals surface area contributed by atoms with Crippen LogP contribution in [0.1, 0.15) is 16.7 Å². The summed E-state index contributed by atoms with van der Waals surface area (Å²) in [7, 11) is 0. The van der Waals surface area contributed by atoms with Gasteiger partial charge in [-0.25, -0.2) is 0 Å². The Hall–Kier alpha value is -1.80. The summed E-state index contributed by atoms with van der Waals surface area (Å²) in [6, 6.07) is 16.7. The van der Waals surface area contributed by atoms with Crippen LogP contribution in [0.15, 0.2) is 48.5 Å². The van der Waals surface area contributed by atoms with E-state index in [2.05, 4.69) is 43.3 Å². The van der Waals surface area contributed by atoms with Crippen molar-refractivity contribution in [2.45, 2.75) is 12.3 Å². The smallest absolute Gasteiger partial charge is 0.0672 e. The molecule has 3 rings (SSSR count). The fourth-order valence-electron chi connectivity index (χ4n) is 2.70. The summed E-state index contributed by atoms with van der Waals surface area (Å²) >= 11 is 0. The fraction of sp³-hybridized carbons (Fsp3) is 0.250. The van der Waals surface area contributed by atoms with Crippen LogP contribution >= 0.6 is 0 Å². The zero-order valence-electron chi connectivity index (χ0n) is 10.5. The van der Waals surface area contributed by atoms with Crippen molar-refractivity contribution in [3.05, 3.63) is 65.2 Å². The molecular formula is C16H17NO. The molecule has 0 bridgehead atoms. The number of rotatable bonds is 2. The van der Waals surface area contributed by atoms with Gasteiger partial charge in [-0.2, -0.15) is 0 Å². The van der Waals surface area contributed by atoms with Gasteiger partial charge in [0.1, 0.15) is 0 Å². The number of benzene rings is 2. The summed E-state index contributed by atoms with van der Waals surface area (Å²) in [4.78, 5) is 0. The highest BCUT2D eigenvalue weighted by molar-refractivity contribution is 5.49. The summed E-state index contributed by atoms with van der Waals surface area (Å²) in [5, 5.41) is 0. The minimum Gasteiger partial charge on any atom is -0.399 e. The number of nitrogen functional groups attached to an aromatic ring is 1. The Balaban J connectivity index is 2.11. The second-order valence-corrected chi connectivity index (χ2v) is 5.01. The van der Waals surface area contributed by atoms with Crippen molar-refractivity contribution in [2.75, 3.05) is 18.9 Å². The van der Waals surface area contributed by atoms with E-state index < -0.39 is 0 Å². The lowest BCUT2D eigenvalue weighted by molar-refractivity contribution is -0.0382. The van der Waals surface area contributed by atoms with Gasteiger partial charge in [-0.05, 0) is 35.7 Å². The van der Waals surface area contributed by atoms with Crippen molar-refractivity contribution >= 4 is 5.69 Å². The standard InChI is InChI=1S/C16H17NO/c1-12-4-2-3-5-15(12)16(10-18-11-16)13-6-8-14(17)9-7-13/h2-9H,10-11,17H2,1H3. The van der Waals surface area contributed by atoms with E-state index in [0.717, 1.165) is 18.9 Å².